The Hall–Kier alpha value is -2.11. The van der Waals surface area contributed by atoms with Gasteiger partial charge in [0.2, 0.25) is 0 Å². The molecule has 6 heteroatoms. The largest absolute Gasteiger partial charge is 0.457 e. The number of nitro groups is 1. The van der Waals surface area contributed by atoms with Gasteiger partial charge < -0.3 is 10.5 Å². The lowest BCUT2D eigenvalue weighted by Gasteiger charge is -2.10. The van der Waals surface area contributed by atoms with Crippen LogP contribution in [0.25, 0.3) is 0 Å². The minimum Gasteiger partial charge on any atom is -0.457 e. The van der Waals surface area contributed by atoms with Crippen LogP contribution in [-0.4, -0.2) is 4.92 Å². The first kappa shape index (κ1) is 13.3. The van der Waals surface area contributed by atoms with Gasteiger partial charge in [0, 0.05) is 23.2 Å². The summed E-state index contributed by atoms with van der Waals surface area (Å²) < 4.78 is 5.60. The highest BCUT2D eigenvalue weighted by molar-refractivity contribution is 6.30. The van der Waals surface area contributed by atoms with Gasteiger partial charge in [-0.05, 0) is 24.3 Å². The maximum absolute atomic E-state index is 10.7. The summed E-state index contributed by atoms with van der Waals surface area (Å²) in [4.78, 5) is 10.2. The lowest BCUT2D eigenvalue weighted by Crippen LogP contribution is -1.99. The van der Waals surface area contributed by atoms with Crippen molar-refractivity contribution < 1.29 is 9.66 Å². The number of halogens is 1. The number of ether oxygens (including phenoxy) is 1. The molecule has 0 radical (unpaired) electrons. The second-order valence-corrected chi connectivity index (χ2v) is 4.25. The summed E-state index contributed by atoms with van der Waals surface area (Å²) in [6.07, 6.45) is 0. The van der Waals surface area contributed by atoms with Crippen LogP contribution in [0.4, 0.5) is 5.69 Å². The Morgan fingerprint density at radius 1 is 1.26 bits per heavy atom. The average Bonchev–Trinajstić information content (AvgIpc) is 2.41. The lowest BCUT2D eigenvalue weighted by molar-refractivity contribution is -0.384. The van der Waals surface area contributed by atoms with E-state index in [1.165, 1.54) is 12.1 Å². The fourth-order valence-corrected chi connectivity index (χ4v) is 1.79. The van der Waals surface area contributed by atoms with E-state index in [4.69, 9.17) is 22.1 Å². The Balaban J connectivity index is 2.30. The molecule has 0 aliphatic rings. The van der Waals surface area contributed by atoms with Gasteiger partial charge in [-0.15, -0.1) is 0 Å². The van der Waals surface area contributed by atoms with Gasteiger partial charge in [0.05, 0.1) is 11.0 Å². The molecule has 0 aromatic heterocycles. The van der Waals surface area contributed by atoms with E-state index in [-0.39, 0.29) is 12.2 Å². The monoisotopic (exact) mass is 278 g/mol. The van der Waals surface area contributed by atoms with Crippen molar-refractivity contribution in [2.45, 2.75) is 6.54 Å². The molecule has 5 nitrogen and oxygen atoms in total. The quantitative estimate of drug-likeness (QED) is 0.686. The molecule has 0 amide bonds. The topological polar surface area (TPSA) is 78.4 Å². The van der Waals surface area contributed by atoms with Crippen LogP contribution < -0.4 is 10.5 Å². The summed E-state index contributed by atoms with van der Waals surface area (Å²) in [6, 6.07) is 11.0. The fourth-order valence-electron chi connectivity index (χ4n) is 1.59. The molecule has 0 unspecified atom stereocenters. The first-order valence-electron chi connectivity index (χ1n) is 5.51. The van der Waals surface area contributed by atoms with Gasteiger partial charge >= 0.3 is 0 Å². The van der Waals surface area contributed by atoms with Crippen LogP contribution in [0.1, 0.15) is 5.56 Å². The van der Waals surface area contributed by atoms with Crippen molar-refractivity contribution in [3.63, 3.8) is 0 Å². The Morgan fingerprint density at radius 3 is 2.74 bits per heavy atom. The van der Waals surface area contributed by atoms with Gasteiger partial charge in [0.1, 0.15) is 11.5 Å². The minimum atomic E-state index is -0.474. The lowest BCUT2D eigenvalue weighted by atomic mass is 10.2. The third-order valence-electron chi connectivity index (χ3n) is 2.50. The molecule has 0 aliphatic carbocycles. The third kappa shape index (κ3) is 3.21. The first-order chi connectivity index (χ1) is 9.10. The predicted molar refractivity (Wildman–Crippen MR) is 72.5 cm³/mol. The van der Waals surface area contributed by atoms with Crippen LogP contribution in [0.2, 0.25) is 5.02 Å². The van der Waals surface area contributed by atoms with Crippen LogP contribution in [0.5, 0.6) is 11.5 Å². The second kappa shape index (κ2) is 5.69. The Morgan fingerprint density at radius 2 is 2.05 bits per heavy atom. The van der Waals surface area contributed by atoms with Crippen LogP contribution in [0, 0.1) is 10.1 Å². The van der Waals surface area contributed by atoms with Crippen LogP contribution in [-0.2, 0) is 6.54 Å². The molecule has 19 heavy (non-hydrogen) atoms. The summed E-state index contributed by atoms with van der Waals surface area (Å²) in [5.41, 5.74) is 6.31. The van der Waals surface area contributed by atoms with Crippen LogP contribution in [0.3, 0.4) is 0 Å². The first-order valence-corrected chi connectivity index (χ1v) is 5.89. The summed E-state index contributed by atoms with van der Waals surface area (Å²) in [6.45, 7) is 0.269. The number of nitrogens with zero attached hydrogens (tertiary/aromatic N) is 1. The van der Waals surface area contributed by atoms with Gasteiger partial charge in [0.25, 0.3) is 5.69 Å². The molecule has 0 fully saturated rings. The zero-order valence-corrected chi connectivity index (χ0v) is 10.6. The molecule has 2 aromatic rings. The number of benzene rings is 2. The Labute approximate surface area is 114 Å². The number of hydrogen-bond acceptors (Lipinski definition) is 4. The Bertz CT molecular complexity index is 617. The predicted octanol–water partition coefficient (Wildman–Crippen LogP) is 3.50. The van der Waals surface area contributed by atoms with Gasteiger partial charge in [-0.1, -0.05) is 17.7 Å². The van der Waals surface area contributed by atoms with E-state index < -0.39 is 4.92 Å². The van der Waals surface area contributed by atoms with Crippen molar-refractivity contribution in [2.75, 3.05) is 0 Å². The number of nitrogens with two attached hydrogens (primary N) is 1. The molecule has 0 heterocycles. The van der Waals surface area contributed by atoms with Crippen molar-refractivity contribution >= 4 is 17.3 Å². The molecule has 0 spiro atoms. The summed E-state index contributed by atoms with van der Waals surface area (Å²) in [5, 5.41) is 11.2. The standard InChI is InChI=1S/C13H11ClN2O3/c14-10-4-5-13(9(6-10)8-15)19-12-3-1-2-11(7-12)16(17)18/h1-7H,8,15H2. The summed E-state index contributed by atoms with van der Waals surface area (Å²) in [5.74, 6) is 0.915. The van der Waals surface area contributed by atoms with Gasteiger partial charge in [0.15, 0.2) is 0 Å². The zero-order chi connectivity index (χ0) is 13.8. The fraction of sp³-hybridized carbons (Fsp3) is 0.0769. The van der Waals surface area contributed by atoms with E-state index in [0.717, 1.165) is 5.56 Å². The number of non-ortho nitro benzene ring substituents is 1. The van der Waals surface area contributed by atoms with Crippen molar-refractivity contribution in [1.82, 2.24) is 0 Å². The molecule has 2 aromatic carbocycles. The van der Waals surface area contributed by atoms with E-state index in [9.17, 15) is 10.1 Å². The Kier molecular flexibility index (Phi) is 3.99. The highest BCUT2D eigenvalue weighted by Gasteiger charge is 2.09. The van der Waals surface area contributed by atoms with E-state index in [0.29, 0.717) is 16.5 Å². The van der Waals surface area contributed by atoms with Crippen molar-refractivity contribution in [3.8, 4) is 11.5 Å². The molecular formula is C13H11ClN2O3. The SMILES string of the molecule is NCc1cc(Cl)ccc1Oc1cccc([N+](=O)[O-])c1. The van der Waals surface area contributed by atoms with Gasteiger partial charge in [-0.3, -0.25) is 10.1 Å². The molecule has 2 rings (SSSR count). The zero-order valence-electron chi connectivity index (χ0n) is 9.88. The van der Waals surface area contributed by atoms with Crippen molar-refractivity contribution in [2.24, 2.45) is 5.73 Å². The van der Waals surface area contributed by atoms with E-state index >= 15 is 0 Å². The summed E-state index contributed by atoms with van der Waals surface area (Å²) in [7, 11) is 0. The minimum absolute atomic E-state index is 0.0271. The maximum atomic E-state index is 10.7. The third-order valence-corrected chi connectivity index (χ3v) is 2.73. The molecule has 0 saturated heterocycles. The molecule has 0 bridgehead atoms. The highest BCUT2D eigenvalue weighted by Crippen LogP contribution is 2.29. The molecule has 0 aliphatic heterocycles. The van der Waals surface area contributed by atoms with Crippen LogP contribution in [0.15, 0.2) is 42.5 Å². The van der Waals surface area contributed by atoms with Gasteiger partial charge in [-0.25, -0.2) is 0 Å². The smallest absolute Gasteiger partial charge is 0.273 e. The number of hydrogen-bond donors (Lipinski definition) is 1. The summed E-state index contributed by atoms with van der Waals surface area (Å²) >= 11 is 5.86. The van der Waals surface area contributed by atoms with E-state index in [2.05, 4.69) is 0 Å². The van der Waals surface area contributed by atoms with Gasteiger partial charge in [-0.2, -0.15) is 0 Å². The van der Waals surface area contributed by atoms with Crippen molar-refractivity contribution in [1.29, 1.82) is 0 Å². The number of rotatable bonds is 4. The molecule has 98 valence electrons. The average molecular weight is 279 g/mol. The molecule has 0 saturated carbocycles. The molecular weight excluding hydrogens is 268 g/mol. The number of nitro benzene ring substituents is 1. The normalized spacial score (nSPS) is 10.2. The highest BCUT2D eigenvalue weighted by atomic mass is 35.5. The molecule has 0 atom stereocenters. The van der Waals surface area contributed by atoms with Crippen LogP contribution >= 0.6 is 11.6 Å². The second-order valence-electron chi connectivity index (χ2n) is 3.81. The van der Waals surface area contributed by atoms with Crippen molar-refractivity contribution in [3.05, 3.63) is 63.2 Å². The van der Waals surface area contributed by atoms with E-state index in [1.807, 2.05) is 0 Å². The van der Waals surface area contributed by atoms with E-state index in [1.54, 1.807) is 30.3 Å². The maximum Gasteiger partial charge on any atom is 0.273 e. The molecule has 2 N–H and O–H groups in total.